The number of Topliss-reactive ketones (excluding diaryl/α,β-unsaturated/α-hetero) is 1. The van der Waals surface area contributed by atoms with Crippen LogP contribution in [-0.2, 0) is 4.79 Å². The number of hydrogen-bond donors (Lipinski definition) is 1. The van der Waals surface area contributed by atoms with Gasteiger partial charge in [0.2, 0.25) is 5.91 Å². The second-order valence-corrected chi connectivity index (χ2v) is 4.56. The van der Waals surface area contributed by atoms with Crippen LogP contribution in [0.4, 0.5) is 4.39 Å². The Bertz CT molecular complexity index is 476. The Labute approximate surface area is 105 Å². The van der Waals surface area contributed by atoms with Crippen molar-refractivity contribution in [1.82, 2.24) is 4.90 Å². The molecule has 2 rings (SSSR count). The van der Waals surface area contributed by atoms with Crippen molar-refractivity contribution in [3.05, 3.63) is 35.6 Å². The fourth-order valence-electron chi connectivity index (χ4n) is 2.16. The van der Waals surface area contributed by atoms with Crippen molar-refractivity contribution in [1.29, 1.82) is 0 Å². The van der Waals surface area contributed by atoms with Gasteiger partial charge in [-0.2, -0.15) is 0 Å². The third-order valence-electron chi connectivity index (χ3n) is 3.19. The van der Waals surface area contributed by atoms with Gasteiger partial charge in [-0.05, 0) is 25.1 Å². The Morgan fingerprint density at radius 3 is 2.83 bits per heavy atom. The maximum atomic E-state index is 13.0. The van der Waals surface area contributed by atoms with E-state index in [-0.39, 0.29) is 24.2 Å². The molecule has 1 unspecified atom stereocenters. The van der Waals surface area contributed by atoms with Crippen LogP contribution >= 0.6 is 0 Å². The van der Waals surface area contributed by atoms with Crippen LogP contribution < -0.4 is 5.73 Å². The maximum Gasteiger partial charge on any atom is 0.221 e. The van der Waals surface area contributed by atoms with Crippen LogP contribution in [0.1, 0.15) is 16.8 Å². The molecule has 1 aromatic carbocycles. The van der Waals surface area contributed by atoms with Crippen molar-refractivity contribution in [2.24, 2.45) is 11.7 Å². The van der Waals surface area contributed by atoms with Gasteiger partial charge in [-0.1, -0.05) is 12.1 Å². The minimum absolute atomic E-state index is 0.139. The summed E-state index contributed by atoms with van der Waals surface area (Å²) in [7, 11) is 0. The number of nitrogens with two attached hydrogens (primary N) is 1. The number of halogens is 1. The van der Waals surface area contributed by atoms with Crippen molar-refractivity contribution >= 4 is 11.7 Å². The number of benzene rings is 1. The highest BCUT2D eigenvalue weighted by Crippen LogP contribution is 2.16. The van der Waals surface area contributed by atoms with Crippen molar-refractivity contribution in [3.8, 4) is 0 Å². The van der Waals surface area contributed by atoms with Gasteiger partial charge in [-0.15, -0.1) is 0 Å². The fraction of sp³-hybridized carbons (Fsp3) is 0.385. The molecule has 0 bridgehead atoms. The first-order valence-corrected chi connectivity index (χ1v) is 5.86. The molecule has 1 aromatic rings. The average Bonchev–Trinajstić information content (AvgIpc) is 2.77. The zero-order chi connectivity index (χ0) is 13.1. The Morgan fingerprint density at radius 1 is 1.44 bits per heavy atom. The molecule has 1 heterocycles. The van der Waals surface area contributed by atoms with E-state index in [1.165, 1.54) is 18.2 Å². The second-order valence-electron chi connectivity index (χ2n) is 4.56. The summed E-state index contributed by atoms with van der Waals surface area (Å²) >= 11 is 0. The Kier molecular flexibility index (Phi) is 3.72. The Morgan fingerprint density at radius 2 is 2.22 bits per heavy atom. The van der Waals surface area contributed by atoms with E-state index in [1.807, 2.05) is 4.90 Å². The summed E-state index contributed by atoms with van der Waals surface area (Å²) in [5, 5.41) is 0. The van der Waals surface area contributed by atoms with E-state index in [0.717, 1.165) is 0 Å². The molecule has 0 aromatic heterocycles. The minimum Gasteiger partial charge on any atom is -0.369 e. The van der Waals surface area contributed by atoms with Gasteiger partial charge in [0.05, 0.1) is 12.5 Å². The highest BCUT2D eigenvalue weighted by molar-refractivity contribution is 5.97. The Balaban J connectivity index is 1.95. The second kappa shape index (κ2) is 5.27. The summed E-state index contributed by atoms with van der Waals surface area (Å²) in [5.74, 6) is -1.06. The molecule has 0 aliphatic carbocycles. The highest BCUT2D eigenvalue weighted by atomic mass is 19.1. The number of likely N-dealkylation sites (tertiary alicyclic amines) is 1. The van der Waals surface area contributed by atoms with E-state index in [2.05, 4.69) is 0 Å². The van der Waals surface area contributed by atoms with E-state index in [4.69, 9.17) is 5.73 Å². The summed E-state index contributed by atoms with van der Waals surface area (Å²) in [5.41, 5.74) is 5.58. The number of hydrogen-bond acceptors (Lipinski definition) is 3. The van der Waals surface area contributed by atoms with Gasteiger partial charge < -0.3 is 5.73 Å². The molecule has 0 radical (unpaired) electrons. The number of rotatable bonds is 4. The van der Waals surface area contributed by atoms with Crippen LogP contribution in [0.2, 0.25) is 0 Å². The normalized spacial score (nSPS) is 19.9. The van der Waals surface area contributed by atoms with E-state index in [0.29, 0.717) is 25.1 Å². The first-order valence-electron chi connectivity index (χ1n) is 5.86. The summed E-state index contributed by atoms with van der Waals surface area (Å²) in [6.45, 7) is 1.39. The monoisotopic (exact) mass is 250 g/mol. The van der Waals surface area contributed by atoms with Crippen molar-refractivity contribution in [2.45, 2.75) is 6.42 Å². The number of ketones is 1. The predicted octanol–water partition coefficient (Wildman–Crippen LogP) is 0.816. The lowest BCUT2D eigenvalue weighted by Crippen LogP contribution is -2.31. The largest absolute Gasteiger partial charge is 0.369 e. The van der Waals surface area contributed by atoms with Crippen molar-refractivity contribution in [3.63, 3.8) is 0 Å². The van der Waals surface area contributed by atoms with Gasteiger partial charge in [0.25, 0.3) is 0 Å². The van der Waals surface area contributed by atoms with Gasteiger partial charge in [0, 0.05) is 12.1 Å². The Hall–Kier alpha value is -1.75. The molecule has 96 valence electrons. The third kappa shape index (κ3) is 2.92. The third-order valence-corrected chi connectivity index (χ3v) is 3.19. The smallest absolute Gasteiger partial charge is 0.221 e. The van der Waals surface area contributed by atoms with E-state index in [1.54, 1.807) is 6.07 Å². The lowest BCUT2D eigenvalue weighted by molar-refractivity contribution is -0.121. The zero-order valence-electron chi connectivity index (χ0n) is 9.93. The molecule has 1 atom stereocenters. The molecular weight excluding hydrogens is 235 g/mol. The van der Waals surface area contributed by atoms with Crippen LogP contribution in [0.15, 0.2) is 24.3 Å². The lowest BCUT2D eigenvalue weighted by atomic mass is 10.1. The molecule has 1 saturated heterocycles. The molecule has 5 heteroatoms. The van der Waals surface area contributed by atoms with E-state index >= 15 is 0 Å². The quantitative estimate of drug-likeness (QED) is 0.804. The topological polar surface area (TPSA) is 63.4 Å². The maximum absolute atomic E-state index is 13.0. The summed E-state index contributed by atoms with van der Waals surface area (Å²) < 4.78 is 13.0. The van der Waals surface area contributed by atoms with E-state index < -0.39 is 5.82 Å². The van der Waals surface area contributed by atoms with Gasteiger partial charge in [0.1, 0.15) is 5.82 Å². The van der Waals surface area contributed by atoms with Crippen LogP contribution in [0.25, 0.3) is 0 Å². The number of amides is 1. The molecular formula is C13H15FN2O2. The molecule has 1 amide bonds. The number of carbonyl (C=O) groups excluding carboxylic acids is 2. The first-order chi connectivity index (χ1) is 8.56. The van der Waals surface area contributed by atoms with E-state index in [9.17, 15) is 14.0 Å². The molecule has 1 fully saturated rings. The van der Waals surface area contributed by atoms with Gasteiger partial charge in [-0.25, -0.2) is 4.39 Å². The summed E-state index contributed by atoms with van der Waals surface area (Å²) in [4.78, 5) is 24.8. The number of primary amides is 1. The summed E-state index contributed by atoms with van der Waals surface area (Å²) in [6.07, 6.45) is 0.686. The van der Waals surface area contributed by atoms with Crippen LogP contribution in [-0.4, -0.2) is 36.2 Å². The zero-order valence-corrected chi connectivity index (χ0v) is 9.93. The fourth-order valence-corrected chi connectivity index (χ4v) is 2.16. The first kappa shape index (κ1) is 12.7. The molecule has 2 N–H and O–H groups in total. The summed E-state index contributed by atoms with van der Waals surface area (Å²) in [6, 6.07) is 5.63. The number of nitrogens with zero attached hydrogens (tertiary/aromatic N) is 1. The molecule has 18 heavy (non-hydrogen) atoms. The molecule has 1 aliphatic rings. The average molecular weight is 250 g/mol. The van der Waals surface area contributed by atoms with Crippen LogP contribution in [0, 0.1) is 11.7 Å². The van der Waals surface area contributed by atoms with Gasteiger partial charge >= 0.3 is 0 Å². The molecule has 0 saturated carbocycles. The number of carbonyl (C=O) groups is 2. The van der Waals surface area contributed by atoms with Crippen LogP contribution in [0.3, 0.4) is 0 Å². The molecule has 4 nitrogen and oxygen atoms in total. The van der Waals surface area contributed by atoms with Crippen molar-refractivity contribution < 1.29 is 14.0 Å². The molecule has 1 aliphatic heterocycles. The standard InChI is InChI=1S/C13H15FN2O2/c14-11-3-1-2-9(6-11)12(17)8-16-5-4-10(7-16)13(15)18/h1-3,6,10H,4-5,7-8H2,(H2,15,18). The lowest BCUT2D eigenvalue weighted by Gasteiger charge is -2.14. The highest BCUT2D eigenvalue weighted by Gasteiger charge is 2.27. The SMILES string of the molecule is NC(=O)C1CCN(CC(=O)c2cccc(F)c2)C1. The minimum atomic E-state index is -0.419. The van der Waals surface area contributed by atoms with Crippen LogP contribution in [0.5, 0.6) is 0 Å². The van der Waals surface area contributed by atoms with Gasteiger partial charge in [0.15, 0.2) is 5.78 Å². The predicted molar refractivity (Wildman–Crippen MR) is 64.5 cm³/mol. The van der Waals surface area contributed by atoms with Gasteiger partial charge in [-0.3, -0.25) is 14.5 Å². The van der Waals surface area contributed by atoms with Crippen molar-refractivity contribution in [2.75, 3.05) is 19.6 Å². The molecule has 0 spiro atoms.